The number of hydrogen-bond acceptors (Lipinski definition) is 5. The molecular weight excluding hydrogens is 340 g/mol. The Labute approximate surface area is 143 Å². The number of benzene rings is 2. The van der Waals surface area contributed by atoms with E-state index in [0.717, 1.165) is 11.3 Å². The first kappa shape index (κ1) is 15.4. The SMILES string of the molecule is O=S(=O)(Cc1noc2ccccc12)Nc1ccc(-c2ccn[nH]2)cc1. The fourth-order valence-corrected chi connectivity index (χ4v) is 3.71. The Kier molecular flexibility index (Phi) is 3.73. The molecule has 0 spiro atoms. The summed E-state index contributed by atoms with van der Waals surface area (Å²) in [5.74, 6) is -0.258. The highest BCUT2D eigenvalue weighted by atomic mass is 32.2. The molecule has 2 N–H and O–H groups in total. The van der Waals surface area contributed by atoms with Crippen molar-refractivity contribution in [1.82, 2.24) is 15.4 Å². The highest BCUT2D eigenvalue weighted by Gasteiger charge is 2.17. The Morgan fingerprint density at radius 1 is 1.04 bits per heavy atom. The molecule has 0 bridgehead atoms. The first-order valence-electron chi connectivity index (χ1n) is 7.54. The van der Waals surface area contributed by atoms with E-state index in [2.05, 4.69) is 20.1 Å². The van der Waals surface area contributed by atoms with Crippen LogP contribution >= 0.6 is 0 Å². The van der Waals surface area contributed by atoms with Crippen molar-refractivity contribution in [3.05, 3.63) is 66.5 Å². The summed E-state index contributed by atoms with van der Waals surface area (Å²) in [6.07, 6.45) is 1.66. The molecular formula is C17H14N4O3S. The summed E-state index contributed by atoms with van der Waals surface area (Å²) in [7, 11) is -3.61. The van der Waals surface area contributed by atoms with Crippen molar-refractivity contribution in [3.63, 3.8) is 0 Å². The monoisotopic (exact) mass is 354 g/mol. The van der Waals surface area contributed by atoms with Gasteiger partial charge in [-0.1, -0.05) is 29.4 Å². The summed E-state index contributed by atoms with van der Waals surface area (Å²) in [4.78, 5) is 0. The fraction of sp³-hybridized carbons (Fsp3) is 0.0588. The molecule has 126 valence electrons. The number of aromatic nitrogens is 3. The second-order valence-corrected chi connectivity index (χ2v) is 7.26. The maximum atomic E-state index is 12.4. The van der Waals surface area contributed by atoms with E-state index in [1.54, 1.807) is 30.5 Å². The average Bonchev–Trinajstić information content (AvgIpc) is 3.26. The first-order chi connectivity index (χ1) is 12.1. The van der Waals surface area contributed by atoms with E-state index >= 15 is 0 Å². The molecule has 0 atom stereocenters. The first-order valence-corrected chi connectivity index (χ1v) is 9.19. The van der Waals surface area contributed by atoms with Crippen LogP contribution in [0.5, 0.6) is 0 Å². The van der Waals surface area contributed by atoms with Crippen molar-refractivity contribution in [2.75, 3.05) is 4.72 Å². The molecule has 2 aromatic heterocycles. The Bertz CT molecular complexity index is 1100. The van der Waals surface area contributed by atoms with Gasteiger partial charge in [-0.25, -0.2) is 8.42 Å². The van der Waals surface area contributed by atoms with Crippen LogP contribution in [0.1, 0.15) is 5.69 Å². The van der Waals surface area contributed by atoms with Gasteiger partial charge in [0.15, 0.2) is 5.58 Å². The number of H-pyrrole nitrogens is 1. The van der Waals surface area contributed by atoms with E-state index in [0.29, 0.717) is 22.4 Å². The van der Waals surface area contributed by atoms with Crippen LogP contribution in [0.3, 0.4) is 0 Å². The molecule has 0 aliphatic rings. The summed E-state index contributed by atoms with van der Waals surface area (Å²) >= 11 is 0. The minimum absolute atomic E-state index is 0.258. The van der Waals surface area contributed by atoms with Gasteiger partial charge in [0.2, 0.25) is 10.0 Å². The number of rotatable bonds is 5. The predicted molar refractivity (Wildman–Crippen MR) is 94.3 cm³/mol. The smallest absolute Gasteiger partial charge is 0.238 e. The van der Waals surface area contributed by atoms with E-state index in [9.17, 15) is 8.42 Å². The lowest BCUT2D eigenvalue weighted by Crippen LogP contribution is -2.15. The van der Waals surface area contributed by atoms with E-state index in [4.69, 9.17) is 4.52 Å². The Morgan fingerprint density at radius 2 is 1.84 bits per heavy atom. The zero-order valence-electron chi connectivity index (χ0n) is 13.0. The van der Waals surface area contributed by atoms with E-state index in [1.165, 1.54) is 0 Å². The Balaban J connectivity index is 1.53. The molecule has 0 saturated heterocycles. The fourth-order valence-electron chi connectivity index (χ4n) is 2.57. The molecule has 0 aliphatic heterocycles. The number of sulfonamides is 1. The minimum Gasteiger partial charge on any atom is -0.356 e. The Morgan fingerprint density at radius 3 is 2.60 bits per heavy atom. The van der Waals surface area contributed by atoms with Gasteiger partial charge in [0, 0.05) is 17.3 Å². The van der Waals surface area contributed by atoms with Gasteiger partial charge in [-0.15, -0.1) is 0 Å². The van der Waals surface area contributed by atoms with Gasteiger partial charge in [0.1, 0.15) is 11.4 Å². The van der Waals surface area contributed by atoms with Crippen LogP contribution in [0.15, 0.2) is 65.3 Å². The number of hydrogen-bond donors (Lipinski definition) is 2. The van der Waals surface area contributed by atoms with Gasteiger partial charge in [-0.2, -0.15) is 5.10 Å². The number of para-hydroxylation sites is 1. The molecule has 0 fully saturated rings. The maximum Gasteiger partial charge on any atom is 0.238 e. The Hall–Kier alpha value is -3.13. The third kappa shape index (κ3) is 3.24. The number of nitrogens with zero attached hydrogens (tertiary/aromatic N) is 2. The highest BCUT2D eigenvalue weighted by molar-refractivity contribution is 7.91. The average molecular weight is 354 g/mol. The van der Waals surface area contributed by atoms with Crippen LogP contribution < -0.4 is 4.72 Å². The maximum absolute atomic E-state index is 12.4. The summed E-state index contributed by atoms with van der Waals surface area (Å²) in [5.41, 5.74) is 3.22. The molecule has 0 aliphatic carbocycles. The van der Waals surface area contributed by atoms with E-state index in [1.807, 2.05) is 30.3 Å². The number of fused-ring (bicyclic) bond motifs is 1. The topological polar surface area (TPSA) is 101 Å². The number of nitrogens with one attached hydrogen (secondary N) is 2. The van der Waals surface area contributed by atoms with Gasteiger partial charge < -0.3 is 4.52 Å². The molecule has 0 amide bonds. The van der Waals surface area contributed by atoms with Gasteiger partial charge in [-0.05, 0) is 35.9 Å². The standard InChI is InChI=1S/C17H14N4O3S/c22-25(23,11-16-14-3-1-2-4-17(14)24-20-16)21-13-7-5-12(6-8-13)15-9-10-18-19-15/h1-10,21H,11H2,(H,18,19). The molecule has 25 heavy (non-hydrogen) atoms. The summed E-state index contributed by atoms with van der Waals surface area (Å²) in [6, 6.07) is 16.0. The highest BCUT2D eigenvalue weighted by Crippen LogP contribution is 2.22. The molecule has 0 unspecified atom stereocenters. The summed E-state index contributed by atoms with van der Waals surface area (Å²) in [5, 5.41) is 11.3. The molecule has 4 rings (SSSR count). The quantitative estimate of drug-likeness (QED) is 0.573. The van der Waals surface area contributed by atoms with Crippen LogP contribution in [0, 0.1) is 0 Å². The van der Waals surface area contributed by atoms with Crippen LogP contribution in [-0.2, 0) is 15.8 Å². The second kappa shape index (κ2) is 6.06. The van der Waals surface area contributed by atoms with Crippen molar-refractivity contribution in [2.24, 2.45) is 0 Å². The zero-order chi connectivity index (χ0) is 17.3. The number of anilines is 1. The lowest BCUT2D eigenvalue weighted by atomic mass is 10.1. The summed E-state index contributed by atoms with van der Waals surface area (Å²) in [6.45, 7) is 0. The predicted octanol–water partition coefficient (Wildman–Crippen LogP) is 3.16. The van der Waals surface area contributed by atoms with Crippen LogP contribution in [0.25, 0.3) is 22.2 Å². The molecule has 8 heteroatoms. The lowest BCUT2D eigenvalue weighted by molar-refractivity contribution is 0.448. The second-order valence-electron chi connectivity index (χ2n) is 5.53. The van der Waals surface area contributed by atoms with Gasteiger partial charge in [-0.3, -0.25) is 9.82 Å². The molecule has 2 heterocycles. The van der Waals surface area contributed by atoms with Crippen molar-refractivity contribution in [1.29, 1.82) is 0 Å². The van der Waals surface area contributed by atoms with Gasteiger partial charge in [0.05, 0.1) is 5.69 Å². The van der Waals surface area contributed by atoms with Crippen molar-refractivity contribution in [3.8, 4) is 11.3 Å². The van der Waals surface area contributed by atoms with Gasteiger partial charge >= 0.3 is 0 Å². The molecule has 4 aromatic rings. The van der Waals surface area contributed by atoms with Gasteiger partial charge in [0.25, 0.3) is 0 Å². The third-order valence-corrected chi connectivity index (χ3v) is 4.95. The molecule has 0 radical (unpaired) electrons. The molecule has 0 saturated carbocycles. The largest absolute Gasteiger partial charge is 0.356 e. The van der Waals surface area contributed by atoms with Crippen molar-refractivity contribution >= 4 is 26.7 Å². The minimum atomic E-state index is -3.61. The normalized spacial score (nSPS) is 11.7. The van der Waals surface area contributed by atoms with Crippen LogP contribution in [0.4, 0.5) is 5.69 Å². The van der Waals surface area contributed by atoms with Crippen LogP contribution in [-0.4, -0.2) is 23.8 Å². The third-order valence-electron chi connectivity index (χ3n) is 3.75. The van der Waals surface area contributed by atoms with Crippen LogP contribution in [0.2, 0.25) is 0 Å². The number of aromatic amines is 1. The van der Waals surface area contributed by atoms with E-state index < -0.39 is 10.0 Å². The molecule has 7 nitrogen and oxygen atoms in total. The summed E-state index contributed by atoms with van der Waals surface area (Å²) < 4.78 is 32.5. The molecule has 2 aromatic carbocycles. The lowest BCUT2D eigenvalue weighted by Gasteiger charge is -2.07. The van der Waals surface area contributed by atoms with E-state index in [-0.39, 0.29) is 5.75 Å². The zero-order valence-corrected chi connectivity index (χ0v) is 13.8. The van der Waals surface area contributed by atoms with Crippen molar-refractivity contribution < 1.29 is 12.9 Å². The van der Waals surface area contributed by atoms with Crippen molar-refractivity contribution in [2.45, 2.75) is 5.75 Å².